The van der Waals surface area contributed by atoms with Crippen molar-refractivity contribution in [3.8, 4) is 0 Å². The van der Waals surface area contributed by atoms with E-state index < -0.39 is 0 Å². The van der Waals surface area contributed by atoms with Crippen LogP contribution in [0.25, 0.3) is 0 Å². The van der Waals surface area contributed by atoms with Gasteiger partial charge >= 0.3 is 0 Å². The third-order valence-electron chi connectivity index (χ3n) is 1.92. The lowest BCUT2D eigenvalue weighted by atomic mass is 10.0. The molecule has 0 bridgehead atoms. The van der Waals surface area contributed by atoms with E-state index in [1.165, 1.54) is 6.07 Å². The van der Waals surface area contributed by atoms with Crippen molar-refractivity contribution >= 4 is 11.6 Å². The van der Waals surface area contributed by atoms with Crippen molar-refractivity contribution in [1.82, 2.24) is 0 Å². The van der Waals surface area contributed by atoms with Crippen molar-refractivity contribution < 1.29 is 9.50 Å². The van der Waals surface area contributed by atoms with E-state index in [2.05, 4.69) is 0 Å². The van der Waals surface area contributed by atoms with E-state index in [0.717, 1.165) is 0 Å². The Balaban J connectivity index is 3.25. The van der Waals surface area contributed by atoms with Crippen LogP contribution in [0.3, 0.4) is 0 Å². The summed E-state index contributed by atoms with van der Waals surface area (Å²) in [7, 11) is 0. The molecule has 1 N–H and O–H groups in total. The highest BCUT2D eigenvalue weighted by Crippen LogP contribution is 2.26. The van der Waals surface area contributed by atoms with Gasteiger partial charge in [-0.25, -0.2) is 4.39 Å². The quantitative estimate of drug-likeness (QED) is 0.782. The molecule has 1 rings (SSSR count). The van der Waals surface area contributed by atoms with Gasteiger partial charge in [0.2, 0.25) is 0 Å². The van der Waals surface area contributed by atoms with Gasteiger partial charge in [0, 0.05) is 0 Å². The van der Waals surface area contributed by atoms with Crippen LogP contribution in [0.2, 0.25) is 5.02 Å². The van der Waals surface area contributed by atoms with Gasteiger partial charge in [-0.1, -0.05) is 31.5 Å². The van der Waals surface area contributed by atoms with Crippen LogP contribution in [0.15, 0.2) is 12.1 Å². The van der Waals surface area contributed by atoms with E-state index in [1.807, 2.05) is 13.8 Å². The molecular formula is C10H12ClFO. The third-order valence-corrected chi connectivity index (χ3v) is 2.20. The Hall–Kier alpha value is -0.600. The Morgan fingerprint density at radius 1 is 1.46 bits per heavy atom. The molecule has 0 aromatic heterocycles. The van der Waals surface area contributed by atoms with Crippen LogP contribution >= 0.6 is 11.6 Å². The minimum absolute atomic E-state index is 0.0731. The van der Waals surface area contributed by atoms with Crippen LogP contribution < -0.4 is 0 Å². The van der Waals surface area contributed by atoms with Gasteiger partial charge in [-0.15, -0.1) is 0 Å². The standard InChI is InChI=1S/C10H12ClFO/c1-6(2)8-3-7(5-13)4-9(11)10(8)12/h3-4,6,13H,5H2,1-2H3. The van der Waals surface area contributed by atoms with Crippen LogP contribution in [-0.2, 0) is 6.61 Å². The minimum atomic E-state index is -0.381. The number of hydrogen-bond donors (Lipinski definition) is 1. The molecular weight excluding hydrogens is 191 g/mol. The van der Waals surface area contributed by atoms with E-state index in [0.29, 0.717) is 11.1 Å². The third kappa shape index (κ3) is 2.20. The molecule has 0 saturated carbocycles. The number of benzene rings is 1. The van der Waals surface area contributed by atoms with Gasteiger partial charge in [0.05, 0.1) is 11.6 Å². The van der Waals surface area contributed by atoms with Crippen molar-refractivity contribution in [3.63, 3.8) is 0 Å². The molecule has 1 nitrogen and oxygen atoms in total. The first-order valence-electron chi connectivity index (χ1n) is 4.15. The molecule has 0 saturated heterocycles. The SMILES string of the molecule is CC(C)c1cc(CO)cc(Cl)c1F. The number of aliphatic hydroxyl groups is 1. The van der Waals surface area contributed by atoms with E-state index >= 15 is 0 Å². The molecule has 0 amide bonds. The Kier molecular flexibility index (Phi) is 3.28. The summed E-state index contributed by atoms with van der Waals surface area (Å²) in [6.45, 7) is 3.66. The maximum atomic E-state index is 13.4. The Morgan fingerprint density at radius 2 is 2.08 bits per heavy atom. The topological polar surface area (TPSA) is 20.2 Å². The fourth-order valence-electron chi connectivity index (χ4n) is 1.18. The van der Waals surface area contributed by atoms with Gasteiger partial charge < -0.3 is 5.11 Å². The highest BCUT2D eigenvalue weighted by molar-refractivity contribution is 6.30. The summed E-state index contributed by atoms with van der Waals surface area (Å²) >= 11 is 5.66. The molecule has 0 atom stereocenters. The van der Waals surface area contributed by atoms with E-state index in [4.69, 9.17) is 16.7 Å². The van der Waals surface area contributed by atoms with Gasteiger partial charge in [-0.2, -0.15) is 0 Å². The zero-order chi connectivity index (χ0) is 10.0. The van der Waals surface area contributed by atoms with Crippen molar-refractivity contribution in [2.24, 2.45) is 0 Å². The highest BCUT2D eigenvalue weighted by Gasteiger charge is 2.11. The van der Waals surface area contributed by atoms with Crippen LogP contribution in [0, 0.1) is 5.82 Å². The fourth-order valence-corrected chi connectivity index (χ4v) is 1.43. The molecule has 1 aromatic rings. The lowest BCUT2D eigenvalue weighted by Gasteiger charge is -2.10. The molecule has 72 valence electrons. The largest absolute Gasteiger partial charge is 0.392 e. The molecule has 0 heterocycles. The summed E-state index contributed by atoms with van der Waals surface area (Å²) in [6.07, 6.45) is 0. The molecule has 13 heavy (non-hydrogen) atoms. The molecule has 0 unspecified atom stereocenters. The maximum Gasteiger partial charge on any atom is 0.145 e. The van der Waals surface area contributed by atoms with Crippen LogP contribution in [0.4, 0.5) is 4.39 Å². The summed E-state index contributed by atoms with van der Waals surface area (Å²) in [4.78, 5) is 0. The Labute approximate surface area is 82.2 Å². The van der Waals surface area contributed by atoms with Crippen molar-refractivity contribution in [3.05, 3.63) is 34.1 Å². The summed E-state index contributed by atoms with van der Waals surface area (Å²) in [5.41, 5.74) is 1.20. The smallest absolute Gasteiger partial charge is 0.145 e. The zero-order valence-corrected chi connectivity index (χ0v) is 8.40. The highest BCUT2D eigenvalue weighted by atomic mass is 35.5. The average Bonchev–Trinajstić information content (AvgIpc) is 2.09. The maximum absolute atomic E-state index is 13.4. The van der Waals surface area contributed by atoms with E-state index in [9.17, 15) is 4.39 Å². The summed E-state index contributed by atoms with van der Waals surface area (Å²) in [5, 5.41) is 8.96. The normalized spacial score (nSPS) is 10.9. The van der Waals surface area contributed by atoms with Gasteiger partial charge in [-0.05, 0) is 23.1 Å². The Morgan fingerprint density at radius 3 is 2.54 bits per heavy atom. The van der Waals surface area contributed by atoms with Crippen LogP contribution in [0.5, 0.6) is 0 Å². The lowest BCUT2D eigenvalue weighted by molar-refractivity contribution is 0.281. The zero-order valence-electron chi connectivity index (χ0n) is 7.64. The van der Waals surface area contributed by atoms with Crippen LogP contribution in [0.1, 0.15) is 30.9 Å². The van der Waals surface area contributed by atoms with Crippen molar-refractivity contribution in [1.29, 1.82) is 0 Å². The first kappa shape index (κ1) is 10.5. The molecule has 0 radical (unpaired) electrons. The van der Waals surface area contributed by atoms with Crippen molar-refractivity contribution in [2.75, 3.05) is 0 Å². The minimum Gasteiger partial charge on any atom is -0.392 e. The van der Waals surface area contributed by atoms with Crippen LogP contribution in [-0.4, -0.2) is 5.11 Å². The molecule has 0 spiro atoms. The predicted octanol–water partition coefficient (Wildman–Crippen LogP) is 3.09. The molecule has 0 fully saturated rings. The van der Waals surface area contributed by atoms with Gasteiger partial charge in [0.25, 0.3) is 0 Å². The van der Waals surface area contributed by atoms with Gasteiger partial charge in [0.15, 0.2) is 0 Å². The van der Waals surface area contributed by atoms with Gasteiger partial charge in [-0.3, -0.25) is 0 Å². The second kappa shape index (κ2) is 4.07. The molecule has 0 aliphatic rings. The first-order chi connectivity index (χ1) is 6.06. The molecule has 1 aromatic carbocycles. The number of aliphatic hydroxyl groups excluding tert-OH is 1. The van der Waals surface area contributed by atoms with Crippen molar-refractivity contribution in [2.45, 2.75) is 26.4 Å². The molecule has 0 aliphatic heterocycles. The molecule has 3 heteroatoms. The Bertz CT molecular complexity index is 310. The van der Waals surface area contributed by atoms with E-state index in [1.54, 1.807) is 6.07 Å². The monoisotopic (exact) mass is 202 g/mol. The summed E-state index contributed by atoms with van der Waals surface area (Å²) in [6, 6.07) is 3.09. The van der Waals surface area contributed by atoms with Gasteiger partial charge in [0.1, 0.15) is 5.82 Å². The number of hydrogen-bond acceptors (Lipinski definition) is 1. The average molecular weight is 203 g/mol. The number of rotatable bonds is 2. The predicted molar refractivity (Wildman–Crippen MR) is 51.4 cm³/mol. The second-order valence-electron chi connectivity index (χ2n) is 3.29. The summed E-state index contributed by atoms with van der Waals surface area (Å²) < 4.78 is 13.4. The second-order valence-corrected chi connectivity index (χ2v) is 3.70. The molecule has 0 aliphatic carbocycles. The lowest BCUT2D eigenvalue weighted by Crippen LogP contribution is -1.96. The fraction of sp³-hybridized carbons (Fsp3) is 0.400. The summed E-state index contributed by atoms with van der Waals surface area (Å²) in [5.74, 6) is -0.308. The first-order valence-corrected chi connectivity index (χ1v) is 4.52. The number of halogens is 2. The van der Waals surface area contributed by atoms with E-state index in [-0.39, 0.29) is 23.4 Å².